The molecule has 0 bridgehead atoms. The molecule has 0 atom stereocenters. The molecule has 0 N–H and O–H groups in total. The Morgan fingerprint density at radius 2 is 1.25 bits per heavy atom. The van der Waals surface area contributed by atoms with Crippen molar-refractivity contribution in [2.75, 3.05) is 26.2 Å². The molecule has 2 nitrogen and oxygen atoms in total. The van der Waals surface area contributed by atoms with Crippen LogP contribution in [-0.2, 0) is 4.74 Å². The van der Waals surface area contributed by atoms with Crippen LogP contribution in [0.3, 0.4) is 0 Å². The van der Waals surface area contributed by atoms with Crippen LogP contribution in [0.1, 0.15) is 99.3 Å². The van der Waals surface area contributed by atoms with Crippen LogP contribution < -0.4 is 0 Å². The van der Waals surface area contributed by atoms with Gasteiger partial charge in [0.25, 0.3) is 0 Å². The first-order valence-corrected chi connectivity index (χ1v) is 10.5. The number of nitrogens with zero attached hydrogens (tertiary/aromatic N) is 1. The highest BCUT2D eigenvalue weighted by atomic mass is 16.5. The lowest BCUT2D eigenvalue weighted by atomic mass is 9.75. The molecule has 1 fully saturated rings. The number of hydrogen-bond donors (Lipinski definition) is 0. The van der Waals surface area contributed by atoms with Crippen LogP contribution >= 0.6 is 0 Å². The highest BCUT2D eigenvalue weighted by Crippen LogP contribution is 2.34. The molecule has 0 aromatic rings. The van der Waals surface area contributed by atoms with Crippen molar-refractivity contribution < 1.29 is 4.74 Å². The van der Waals surface area contributed by atoms with Crippen LogP contribution in [-0.4, -0.2) is 36.7 Å². The minimum Gasteiger partial charge on any atom is -0.376 e. The molecular weight excluding hydrogens is 294 g/mol. The van der Waals surface area contributed by atoms with Crippen molar-refractivity contribution in [2.45, 2.75) is 105 Å². The maximum absolute atomic E-state index is 5.76. The third kappa shape index (κ3) is 10.7. The summed E-state index contributed by atoms with van der Waals surface area (Å²) in [7, 11) is 0. The number of likely N-dealkylation sites (tertiary alicyclic amines) is 1. The highest BCUT2D eigenvalue weighted by molar-refractivity contribution is 4.80. The standard InChI is InChI=1S/C22H45NO/c1-21(2,3)20-14-17-23(18-15-20)16-12-10-8-7-9-11-13-19-24-22(4,5)6/h20H,7-19H2,1-6H3. The van der Waals surface area contributed by atoms with Crippen molar-refractivity contribution in [2.24, 2.45) is 11.3 Å². The fourth-order valence-corrected chi connectivity index (χ4v) is 3.72. The Hall–Kier alpha value is -0.0800. The maximum atomic E-state index is 5.76. The van der Waals surface area contributed by atoms with Crippen LogP contribution in [0.2, 0.25) is 0 Å². The minimum atomic E-state index is 0.0291. The van der Waals surface area contributed by atoms with Gasteiger partial charge in [-0.15, -0.1) is 0 Å². The average Bonchev–Trinajstić information content (AvgIpc) is 2.47. The number of piperidine rings is 1. The topological polar surface area (TPSA) is 12.5 Å². The second-order valence-corrected chi connectivity index (χ2v) is 9.92. The molecule has 1 aliphatic heterocycles. The van der Waals surface area contributed by atoms with Crippen molar-refractivity contribution in [1.82, 2.24) is 4.90 Å². The summed E-state index contributed by atoms with van der Waals surface area (Å²) < 4.78 is 5.76. The van der Waals surface area contributed by atoms with E-state index in [0.29, 0.717) is 5.41 Å². The lowest BCUT2D eigenvalue weighted by molar-refractivity contribution is -0.00475. The molecule has 0 aromatic heterocycles. The van der Waals surface area contributed by atoms with E-state index in [0.717, 1.165) is 12.5 Å². The monoisotopic (exact) mass is 339 g/mol. The van der Waals surface area contributed by atoms with Gasteiger partial charge in [-0.3, -0.25) is 0 Å². The predicted molar refractivity (Wildman–Crippen MR) is 107 cm³/mol. The third-order valence-electron chi connectivity index (χ3n) is 5.47. The molecule has 2 heteroatoms. The van der Waals surface area contributed by atoms with E-state index in [9.17, 15) is 0 Å². The summed E-state index contributed by atoms with van der Waals surface area (Å²) in [4.78, 5) is 2.70. The smallest absolute Gasteiger partial charge is 0.0598 e. The molecular formula is C22H45NO. The van der Waals surface area contributed by atoms with Crippen molar-refractivity contribution >= 4 is 0 Å². The van der Waals surface area contributed by atoms with Gasteiger partial charge in [0.2, 0.25) is 0 Å². The van der Waals surface area contributed by atoms with E-state index in [1.165, 1.54) is 77.4 Å². The van der Waals surface area contributed by atoms with E-state index in [1.54, 1.807) is 0 Å². The molecule has 0 spiro atoms. The summed E-state index contributed by atoms with van der Waals surface area (Å²) >= 11 is 0. The van der Waals surface area contributed by atoms with Gasteiger partial charge in [-0.05, 0) is 77.4 Å². The van der Waals surface area contributed by atoms with Crippen LogP contribution in [0, 0.1) is 11.3 Å². The van der Waals surface area contributed by atoms with Crippen molar-refractivity contribution in [3.05, 3.63) is 0 Å². The molecule has 0 radical (unpaired) electrons. The average molecular weight is 340 g/mol. The molecule has 1 aliphatic rings. The zero-order chi connectivity index (χ0) is 18.1. The highest BCUT2D eigenvalue weighted by Gasteiger charge is 2.28. The Kier molecular flexibility index (Phi) is 9.89. The molecule has 1 heterocycles. The second-order valence-electron chi connectivity index (χ2n) is 9.92. The van der Waals surface area contributed by atoms with Gasteiger partial charge in [0.1, 0.15) is 0 Å². The Morgan fingerprint density at radius 3 is 1.75 bits per heavy atom. The van der Waals surface area contributed by atoms with Gasteiger partial charge in [0.15, 0.2) is 0 Å². The van der Waals surface area contributed by atoms with Gasteiger partial charge >= 0.3 is 0 Å². The third-order valence-corrected chi connectivity index (χ3v) is 5.47. The molecule has 0 saturated carbocycles. The summed E-state index contributed by atoms with van der Waals surface area (Å²) in [5, 5.41) is 0. The van der Waals surface area contributed by atoms with Crippen LogP contribution in [0.25, 0.3) is 0 Å². The quantitative estimate of drug-likeness (QED) is 0.434. The number of rotatable bonds is 10. The summed E-state index contributed by atoms with van der Waals surface area (Å²) in [6.45, 7) is 18.5. The minimum absolute atomic E-state index is 0.0291. The Balaban J connectivity index is 1.88. The summed E-state index contributed by atoms with van der Waals surface area (Å²) in [5.41, 5.74) is 0.533. The zero-order valence-corrected chi connectivity index (χ0v) is 17.6. The Labute approximate surface area is 152 Å². The Morgan fingerprint density at radius 1 is 0.750 bits per heavy atom. The summed E-state index contributed by atoms with van der Waals surface area (Å²) in [5.74, 6) is 0.927. The fraction of sp³-hybridized carbons (Fsp3) is 1.00. The second kappa shape index (κ2) is 10.8. The van der Waals surface area contributed by atoms with Gasteiger partial charge in [-0.1, -0.05) is 52.9 Å². The van der Waals surface area contributed by atoms with Crippen molar-refractivity contribution in [1.29, 1.82) is 0 Å². The van der Waals surface area contributed by atoms with Crippen molar-refractivity contribution in [3.63, 3.8) is 0 Å². The summed E-state index contributed by atoms with van der Waals surface area (Å²) in [6, 6.07) is 0. The first kappa shape index (κ1) is 22.0. The van der Waals surface area contributed by atoms with E-state index in [1.807, 2.05) is 0 Å². The number of ether oxygens (including phenoxy) is 1. The van der Waals surface area contributed by atoms with Crippen molar-refractivity contribution in [3.8, 4) is 0 Å². The van der Waals surface area contributed by atoms with E-state index in [2.05, 4.69) is 46.4 Å². The molecule has 1 rings (SSSR count). The molecule has 0 amide bonds. The Bertz CT molecular complexity index is 305. The van der Waals surface area contributed by atoms with Gasteiger partial charge in [-0.2, -0.15) is 0 Å². The molecule has 0 aromatic carbocycles. The molecule has 1 saturated heterocycles. The normalized spacial score (nSPS) is 18.2. The first-order chi connectivity index (χ1) is 11.2. The van der Waals surface area contributed by atoms with Crippen LogP contribution in [0.4, 0.5) is 0 Å². The number of hydrogen-bond acceptors (Lipinski definition) is 2. The van der Waals surface area contributed by atoms with E-state index in [4.69, 9.17) is 4.74 Å². The van der Waals surface area contributed by atoms with Gasteiger partial charge in [0, 0.05) is 6.61 Å². The van der Waals surface area contributed by atoms with Gasteiger partial charge < -0.3 is 9.64 Å². The first-order valence-electron chi connectivity index (χ1n) is 10.5. The van der Waals surface area contributed by atoms with Crippen LogP contribution in [0.5, 0.6) is 0 Å². The largest absolute Gasteiger partial charge is 0.376 e. The molecule has 0 unspecified atom stereocenters. The predicted octanol–water partition coefficient (Wildman–Crippen LogP) is 6.29. The summed E-state index contributed by atoms with van der Waals surface area (Å²) in [6.07, 6.45) is 12.4. The van der Waals surface area contributed by atoms with Gasteiger partial charge in [0.05, 0.1) is 5.60 Å². The van der Waals surface area contributed by atoms with E-state index >= 15 is 0 Å². The molecule has 0 aliphatic carbocycles. The number of unbranched alkanes of at least 4 members (excludes halogenated alkanes) is 6. The SMILES string of the molecule is CC(C)(C)OCCCCCCCCCN1CCC(C(C)(C)C)CC1. The molecule has 24 heavy (non-hydrogen) atoms. The van der Waals surface area contributed by atoms with E-state index in [-0.39, 0.29) is 5.60 Å². The van der Waals surface area contributed by atoms with E-state index < -0.39 is 0 Å². The van der Waals surface area contributed by atoms with Crippen LogP contribution in [0.15, 0.2) is 0 Å². The maximum Gasteiger partial charge on any atom is 0.0598 e. The molecule has 144 valence electrons. The fourth-order valence-electron chi connectivity index (χ4n) is 3.72. The zero-order valence-electron chi connectivity index (χ0n) is 17.6. The lowest BCUT2D eigenvalue weighted by Gasteiger charge is -2.38. The van der Waals surface area contributed by atoms with Gasteiger partial charge in [-0.25, -0.2) is 0 Å². The lowest BCUT2D eigenvalue weighted by Crippen LogP contribution is -2.38.